The van der Waals surface area contributed by atoms with Crippen molar-refractivity contribution in [3.05, 3.63) is 28.2 Å². The maximum absolute atomic E-state index is 11.9. The van der Waals surface area contributed by atoms with Gasteiger partial charge in [0.2, 0.25) is 5.91 Å². The zero-order valence-electron chi connectivity index (χ0n) is 10.0. The van der Waals surface area contributed by atoms with Gasteiger partial charge in [0.05, 0.1) is 15.7 Å². The van der Waals surface area contributed by atoms with Crippen LogP contribution in [0.5, 0.6) is 0 Å². The highest BCUT2D eigenvalue weighted by Crippen LogP contribution is 2.36. The Bertz CT molecular complexity index is 555. The molecule has 19 heavy (non-hydrogen) atoms. The van der Waals surface area contributed by atoms with Gasteiger partial charge in [0.15, 0.2) is 10.3 Å². The number of thioether (sulfide) groups is 1. The van der Waals surface area contributed by atoms with Gasteiger partial charge in [-0.1, -0.05) is 29.3 Å². The summed E-state index contributed by atoms with van der Waals surface area (Å²) in [4.78, 5) is 28.8. The van der Waals surface area contributed by atoms with E-state index in [1.165, 1.54) is 11.8 Å². The highest BCUT2D eigenvalue weighted by Gasteiger charge is 2.27. The van der Waals surface area contributed by atoms with Crippen LogP contribution in [0.4, 0.5) is 5.69 Å². The summed E-state index contributed by atoms with van der Waals surface area (Å²) in [6.07, 6.45) is 0.371. The topological polar surface area (TPSA) is 49.7 Å². The monoisotopic (exact) mass is 316 g/mol. The van der Waals surface area contributed by atoms with Crippen molar-refractivity contribution in [1.82, 2.24) is 0 Å². The van der Waals surface area contributed by atoms with E-state index in [-0.39, 0.29) is 11.0 Å². The number of hydrogen-bond acceptors (Lipinski definition) is 4. The Morgan fingerprint density at radius 2 is 2.00 bits per heavy atom. The molecule has 1 aliphatic rings. The second kappa shape index (κ2) is 5.94. The van der Waals surface area contributed by atoms with Crippen LogP contribution in [0.2, 0.25) is 10.0 Å². The van der Waals surface area contributed by atoms with E-state index in [1.807, 2.05) is 0 Å². The van der Waals surface area contributed by atoms with Gasteiger partial charge in [0.1, 0.15) is 0 Å². The minimum atomic E-state index is -0.295. The van der Waals surface area contributed by atoms with E-state index in [2.05, 4.69) is 4.99 Å². The highest BCUT2D eigenvalue weighted by atomic mass is 35.5. The van der Waals surface area contributed by atoms with Crippen LogP contribution in [0.15, 0.2) is 23.2 Å². The van der Waals surface area contributed by atoms with Crippen LogP contribution >= 0.6 is 35.0 Å². The molecule has 0 fully saturated rings. The molecule has 2 rings (SSSR count). The average molecular weight is 317 g/mol. The minimum Gasteiger partial charge on any atom is -0.287 e. The largest absolute Gasteiger partial charge is 0.287 e. The Morgan fingerprint density at radius 1 is 1.37 bits per heavy atom. The van der Waals surface area contributed by atoms with Crippen LogP contribution in [0.25, 0.3) is 0 Å². The number of carbonyl (C=O) groups excluding carboxylic acids is 2. The molecule has 0 N–H and O–H groups in total. The number of benzene rings is 1. The molecule has 4 nitrogen and oxygen atoms in total. The van der Waals surface area contributed by atoms with Crippen molar-refractivity contribution in [2.45, 2.75) is 13.3 Å². The number of carbonyl (C=O) groups is 2. The number of hydrogen-bond donors (Lipinski definition) is 0. The van der Waals surface area contributed by atoms with E-state index in [0.29, 0.717) is 33.9 Å². The third-order valence-corrected chi connectivity index (χ3v) is 3.97. The van der Waals surface area contributed by atoms with Crippen LogP contribution in [0, 0.1) is 0 Å². The van der Waals surface area contributed by atoms with Gasteiger partial charge in [0, 0.05) is 19.9 Å². The lowest BCUT2D eigenvalue weighted by Gasteiger charge is -2.25. The zero-order chi connectivity index (χ0) is 14.0. The predicted octanol–water partition coefficient (Wildman–Crippen LogP) is 3.37. The zero-order valence-corrected chi connectivity index (χ0v) is 12.3. The van der Waals surface area contributed by atoms with Crippen LogP contribution in [0.3, 0.4) is 0 Å². The molecule has 1 heterocycles. The Morgan fingerprint density at radius 3 is 2.53 bits per heavy atom. The predicted molar refractivity (Wildman–Crippen MR) is 79.1 cm³/mol. The van der Waals surface area contributed by atoms with Crippen LogP contribution in [-0.4, -0.2) is 22.7 Å². The molecule has 0 aromatic heterocycles. The van der Waals surface area contributed by atoms with E-state index < -0.39 is 0 Å². The third kappa shape index (κ3) is 3.11. The summed E-state index contributed by atoms with van der Waals surface area (Å²) in [5.74, 6) is -0.295. The van der Waals surface area contributed by atoms with E-state index >= 15 is 0 Å². The van der Waals surface area contributed by atoms with Crippen molar-refractivity contribution >= 4 is 56.8 Å². The van der Waals surface area contributed by atoms with E-state index in [4.69, 9.17) is 23.2 Å². The molecule has 100 valence electrons. The number of para-hydroxylation sites is 1. The second-order valence-corrected chi connectivity index (χ2v) is 5.65. The smallest absolute Gasteiger partial charge is 0.230 e. The SMILES string of the molecule is CC(=O)N(C1=NCCC(=O)S1)c1c(Cl)cccc1Cl. The van der Waals surface area contributed by atoms with E-state index in [0.717, 1.165) is 11.8 Å². The number of aliphatic imine (C=N–C) groups is 1. The Kier molecular flexibility index (Phi) is 4.50. The lowest BCUT2D eigenvalue weighted by Crippen LogP contribution is -2.36. The second-order valence-electron chi connectivity index (χ2n) is 3.81. The molecule has 0 aliphatic carbocycles. The van der Waals surface area contributed by atoms with Crippen LogP contribution in [0.1, 0.15) is 13.3 Å². The van der Waals surface area contributed by atoms with Crippen LogP contribution in [-0.2, 0) is 9.59 Å². The molecular weight excluding hydrogens is 307 g/mol. The van der Waals surface area contributed by atoms with Gasteiger partial charge in [-0.2, -0.15) is 0 Å². The number of amides is 1. The molecule has 0 bridgehead atoms. The summed E-state index contributed by atoms with van der Waals surface area (Å²) in [7, 11) is 0. The molecule has 0 atom stereocenters. The standard InChI is InChI=1S/C12H10Cl2N2O2S/c1-7(17)16(12-15-6-5-10(18)19-12)11-8(13)3-2-4-9(11)14/h2-4H,5-6H2,1H3. The molecule has 0 radical (unpaired) electrons. The number of halogens is 2. The third-order valence-electron chi connectivity index (χ3n) is 2.44. The summed E-state index contributed by atoms with van der Waals surface area (Å²) in [6, 6.07) is 4.95. The first-order valence-electron chi connectivity index (χ1n) is 5.50. The van der Waals surface area contributed by atoms with Gasteiger partial charge in [-0.25, -0.2) is 0 Å². The number of anilines is 1. The van der Waals surface area contributed by atoms with E-state index in [9.17, 15) is 9.59 Å². The van der Waals surface area contributed by atoms with Gasteiger partial charge in [-0.05, 0) is 23.9 Å². The summed E-state index contributed by atoms with van der Waals surface area (Å²) >= 11 is 13.1. The molecule has 0 unspecified atom stereocenters. The summed E-state index contributed by atoms with van der Waals surface area (Å²) in [6.45, 7) is 1.74. The number of nitrogens with zero attached hydrogens (tertiary/aromatic N) is 2. The first-order chi connectivity index (χ1) is 9.00. The molecule has 7 heteroatoms. The molecule has 1 aromatic rings. The van der Waals surface area contributed by atoms with Gasteiger partial charge < -0.3 is 0 Å². The molecule has 0 saturated heterocycles. The molecule has 1 amide bonds. The summed E-state index contributed by atoms with van der Waals surface area (Å²) < 4.78 is 0. The molecule has 0 saturated carbocycles. The van der Waals surface area contributed by atoms with Crippen molar-refractivity contribution in [3.63, 3.8) is 0 Å². The first kappa shape index (κ1) is 14.4. The van der Waals surface area contributed by atoms with Crippen molar-refractivity contribution in [3.8, 4) is 0 Å². The maximum Gasteiger partial charge on any atom is 0.230 e. The molecule has 1 aromatic carbocycles. The fraction of sp³-hybridized carbons (Fsp3) is 0.250. The highest BCUT2D eigenvalue weighted by molar-refractivity contribution is 8.26. The minimum absolute atomic E-state index is 0.0283. The number of rotatable bonds is 1. The summed E-state index contributed by atoms with van der Waals surface area (Å²) in [5, 5.41) is 0.964. The Balaban J connectivity index is 2.49. The van der Waals surface area contributed by atoms with Crippen molar-refractivity contribution in [2.24, 2.45) is 4.99 Å². The van der Waals surface area contributed by atoms with Gasteiger partial charge in [-0.15, -0.1) is 0 Å². The lowest BCUT2D eigenvalue weighted by atomic mass is 10.3. The molecular formula is C12H10Cl2N2O2S. The van der Waals surface area contributed by atoms with Crippen molar-refractivity contribution in [1.29, 1.82) is 0 Å². The van der Waals surface area contributed by atoms with E-state index in [1.54, 1.807) is 18.2 Å². The fourth-order valence-corrected chi connectivity index (χ4v) is 3.07. The van der Waals surface area contributed by atoms with Crippen molar-refractivity contribution in [2.75, 3.05) is 11.4 Å². The van der Waals surface area contributed by atoms with Gasteiger partial charge in [0.25, 0.3) is 0 Å². The fourth-order valence-electron chi connectivity index (χ4n) is 1.63. The summed E-state index contributed by atoms with van der Waals surface area (Å²) in [5.41, 5.74) is 0.360. The normalized spacial score (nSPS) is 15.1. The van der Waals surface area contributed by atoms with Crippen LogP contribution < -0.4 is 4.90 Å². The van der Waals surface area contributed by atoms with Gasteiger partial charge >= 0.3 is 0 Å². The van der Waals surface area contributed by atoms with Gasteiger partial charge in [-0.3, -0.25) is 19.5 Å². The lowest BCUT2D eigenvalue weighted by molar-refractivity contribution is -0.115. The van der Waals surface area contributed by atoms with Crippen molar-refractivity contribution < 1.29 is 9.59 Å². The Labute approximate surface area is 124 Å². The Hall–Kier alpha value is -1.04. The molecule has 0 spiro atoms. The average Bonchev–Trinajstić information content (AvgIpc) is 2.33. The quantitative estimate of drug-likeness (QED) is 0.798. The number of amidine groups is 1. The first-order valence-corrected chi connectivity index (χ1v) is 7.08. The maximum atomic E-state index is 11.9. The molecule has 1 aliphatic heterocycles.